The lowest BCUT2D eigenvalue weighted by atomic mass is 10.3. The number of fused-ring (bicyclic) bond motifs is 1. The predicted octanol–water partition coefficient (Wildman–Crippen LogP) is 3.25. The van der Waals surface area contributed by atoms with E-state index in [-0.39, 0.29) is 12.1 Å². The van der Waals surface area contributed by atoms with Crippen LogP contribution in [0, 0.1) is 0 Å². The van der Waals surface area contributed by atoms with Gasteiger partial charge in [-0.1, -0.05) is 6.58 Å². The fraction of sp³-hybridized carbons (Fsp3) is 0. The van der Waals surface area contributed by atoms with Crippen molar-refractivity contribution in [2.45, 2.75) is 4.90 Å². The zero-order valence-corrected chi connectivity index (χ0v) is 8.09. The molecule has 0 radical (unpaired) electrons. The number of hydrogen-bond donors (Lipinski definition) is 0. The summed E-state index contributed by atoms with van der Waals surface area (Å²) in [6.45, 7) is 3.60. The number of halogens is 1. The summed E-state index contributed by atoms with van der Waals surface area (Å²) in [5.41, 5.74) is 2.16. The van der Waals surface area contributed by atoms with Crippen LogP contribution >= 0.6 is 12.1 Å². The topological polar surface area (TPSA) is 25.8 Å². The molecule has 4 heteroatoms. The van der Waals surface area contributed by atoms with Gasteiger partial charge in [-0.2, -0.15) is 3.89 Å². The summed E-state index contributed by atoms with van der Waals surface area (Å²) in [7, 11) is 0. The normalized spacial score (nSPS) is 10.4. The van der Waals surface area contributed by atoms with Crippen molar-refractivity contribution < 1.29 is 3.89 Å². The lowest BCUT2D eigenvalue weighted by Gasteiger charge is -1.98. The molecule has 0 spiro atoms. The summed E-state index contributed by atoms with van der Waals surface area (Å²) in [5, 5.41) is 0. The van der Waals surface area contributed by atoms with Gasteiger partial charge < -0.3 is 0 Å². The Kier molecular flexibility index (Phi) is 2.45. The SMILES string of the molecule is C=Cc1cnc2cc(SF)ccc2n1. The van der Waals surface area contributed by atoms with Crippen molar-refractivity contribution in [2.24, 2.45) is 0 Å². The van der Waals surface area contributed by atoms with Gasteiger partial charge in [-0.15, -0.1) is 0 Å². The zero-order chi connectivity index (χ0) is 9.97. The first-order valence-corrected chi connectivity index (χ1v) is 4.73. The van der Waals surface area contributed by atoms with Crippen LogP contribution in [0.3, 0.4) is 0 Å². The molecule has 0 N–H and O–H groups in total. The number of hydrogen-bond acceptors (Lipinski definition) is 3. The molecular formula is C10H7FN2S. The molecule has 0 unspecified atom stereocenters. The smallest absolute Gasteiger partial charge is 0.0899 e. The van der Waals surface area contributed by atoms with E-state index in [2.05, 4.69) is 16.5 Å². The molecule has 2 rings (SSSR count). The molecule has 0 aliphatic heterocycles. The highest BCUT2D eigenvalue weighted by Gasteiger charge is 1.99. The highest BCUT2D eigenvalue weighted by molar-refractivity contribution is 7.94. The van der Waals surface area contributed by atoms with Crippen LogP contribution in [0.25, 0.3) is 17.1 Å². The second kappa shape index (κ2) is 3.75. The number of rotatable bonds is 2. The number of aromatic nitrogens is 2. The second-order valence-corrected chi connectivity index (χ2v) is 3.35. The van der Waals surface area contributed by atoms with E-state index >= 15 is 0 Å². The molecule has 0 saturated heterocycles. The third-order valence-electron chi connectivity index (χ3n) is 1.83. The van der Waals surface area contributed by atoms with Crippen LogP contribution in [0.1, 0.15) is 5.69 Å². The molecule has 1 aromatic carbocycles. The molecule has 0 aliphatic carbocycles. The van der Waals surface area contributed by atoms with E-state index in [0.29, 0.717) is 10.4 Å². The van der Waals surface area contributed by atoms with Gasteiger partial charge in [-0.25, -0.2) is 4.98 Å². The molecule has 2 nitrogen and oxygen atoms in total. The van der Waals surface area contributed by atoms with Crippen LogP contribution in [0.5, 0.6) is 0 Å². The molecule has 0 amide bonds. The van der Waals surface area contributed by atoms with E-state index in [1.165, 1.54) is 0 Å². The monoisotopic (exact) mass is 206 g/mol. The van der Waals surface area contributed by atoms with Gasteiger partial charge in [0.2, 0.25) is 0 Å². The fourth-order valence-corrected chi connectivity index (χ4v) is 1.43. The molecule has 0 atom stereocenters. The third-order valence-corrected chi connectivity index (χ3v) is 2.26. The lowest BCUT2D eigenvalue weighted by Crippen LogP contribution is -1.86. The predicted molar refractivity (Wildman–Crippen MR) is 56.6 cm³/mol. The molecule has 1 heterocycles. The van der Waals surface area contributed by atoms with Crippen molar-refractivity contribution in [3.63, 3.8) is 0 Å². The highest BCUT2D eigenvalue weighted by atomic mass is 32.2. The highest BCUT2D eigenvalue weighted by Crippen LogP contribution is 2.22. The number of benzene rings is 1. The van der Waals surface area contributed by atoms with Crippen LogP contribution in [0.2, 0.25) is 0 Å². The summed E-state index contributed by atoms with van der Waals surface area (Å²) >= 11 is 0.206. The second-order valence-electron chi connectivity index (χ2n) is 2.73. The first-order chi connectivity index (χ1) is 6.83. The summed E-state index contributed by atoms with van der Waals surface area (Å²) < 4.78 is 12.3. The Hall–Kier alpha value is -1.42. The Labute approximate surface area is 85.2 Å². The summed E-state index contributed by atoms with van der Waals surface area (Å²) in [6.07, 6.45) is 3.24. The maximum atomic E-state index is 12.3. The largest absolute Gasteiger partial charge is 0.252 e. The van der Waals surface area contributed by atoms with Gasteiger partial charge in [-0.3, -0.25) is 4.98 Å². The van der Waals surface area contributed by atoms with Crippen LogP contribution < -0.4 is 0 Å². The molecule has 70 valence electrons. The Morgan fingerprint density at radius 2 is 2.21 bits per heavy atom. The Bertz CT molecular complexity index is 485. The van der Waals surface area contributed by atoms with Gasteiger partial charge >= 0.3 is 0 Å². The Balaban J connectivity index is 2.63. The molecule has 0 bridgehead atoms. The summed E-state index contributed by atoms with van der Waals surface area (Å²) in [4.78, 5) is 8.94. The molecule has 0 saturated carbocycles. The first kappa shape index (κ1) is 9.15. The minimum Gasteiger partial charge on any atom is -0.252 e. The van der Waals surface area contributed by atoms with Crippen LogP contribution in [0.15, 0.2) is 35.9 Å². The van der Waals surface area contributed by atoms with E-state index < -0.39 is 0 Å². The molecule has 1 aromatic heterocycles. The average molecular weight is 206 g/mol. The van der Waals surface area contributed by atoms with Crippen LogP contribution in [0.4, 0.5) is 3.89 Å². The minimum atomic E-state index is 0.206. The maximum absolute atomic E-state index is 12.3. The molecular weight excluding hydrogens is 199 g/mol. The first-order valence-electron chi connectivity index (χ1n) is 4.01. The minimum absolute atomic E-state index is 0.206. The third kappa shape index (κ3) is 1.61. The lowest BCUT2D eigenvalue weighted by molar-refractivity contribution is 0.934. The van der Waals surface area contributed by atoms with E-state index in [4.69, 9.17) is 0 Å². The Morgan fingerprint density at radius 3 is 2.93 bits per heavy atom. The standard InChI is InChI=1S/C10H7FN2S/c1-2-7-6-12-10-5-8(14-11)3-4-9(10)13-7/h2-6H,1H2. The Morgan fingerprint density at radius 1 is 1.36 bits per heavy atom. The fourth-order valence-electron chi connectivity index (χ4n) is 1.15. The van der Waals surface area contributed by atoms with E-state index in [0.717, 1.165) is 11.2 Å². The number of nitrogens with zero attached hydrogens (tertiary/aromatic N) is 2. The quantitative estimate of drug-likeness (QED) is 0.754. The van der Waals surface area contributed by atoms with Crippen LogP contribution in [-0.4, -0.2) is 9.97 Å². The van der Waals surface area contributed by atoms with Crippen molar-refractivity contribution in [3.8, 4) is 0 Å². The van der Waals surface area contributed by atoms with E-state index in [1.807, 2.05) is 0 Å². The van der Waals surface area contributed by atoms with Crippen LogP contribution in [-0.2, 0) is 0 Å². The van der Waals surface area contributed by atoms with Crippen molar-refractivity contribution >= 4 is 29.3 Å². The van der Waals surface area contributed by atoms with Gasteiger partial charge in [-0.05, 0) is 24.3 Å². The van der Waals surface area contributed by atoms with Gasteiger partial charge in [0.25, 0.3) is 0 Å². The summed E-state index contributed by atoms with van der Waals surface area (Å²) in [5.74, 6) is 0. The molecule has 0 aliphatic rings. The summed E-state index contributed by atoms with van der Waals surface area (Å²) in [6, 6.07) is 5.09. The van der Waals surface area contributed by atoms with Crippen molar-refractivity contribution in [3.05, 3.63) is 36.7 Å². The maximum Gasteiger partial charge on any atom is 0.0899 e. The van der Waals surface area contributed by atoms with E-state index in [9.17, 15) is 3.89 Å². The van der Waals surface area contributed by atoms with Crippen molar-refractivity contribution in [1.82, 2.24) is 9.97 Å². The van der Waals surface area contributed by atoms with Crippen molar-refractivity contribution in [1.29, 1.82) is 0 Å². The average Bonchev–Trinajstić information content (AvgIpc) is 2.27. The van der Waals surface area contributed by atoms with Gasteiger partial charge in [0.05, 0.1) is 35.1 Å². The molecule has 0 fully saturated rings. The zero-order valence-electron chi connectivity index (χ0n) is 7.27. The van der Waals surface area contributed by atoms with Gasteiger partial charge in [0.15, 0.2) is 0 Å². The van der Waals surface area contributed by atoms with Crippen molar-refractivity contribution in [2.75, 3.05) is 0 Å². The van der Waals surface area contributed by atoms with E-state index in [1.54, 1.807) is 30.5 Å². The van der Waals surface area contributed by atoms with Gasteiger partial charge in [0, 0.05) is 4.90 Å². The molecule has 14 heavy (non-hydrogen) atoms. The van der Waals surface area contributed by atoms with Gasteiger partial charge in [0.1, 0.15) is 0 Å². The molecule has 2 aromatic rings.